The molecule has 2 N–H and O–H groups in total. The van der Waals surface area contributed by atoms with Gasteiger partial charge in [0, 0.05) is 50.4 Å². The van der Waals surface area contributed by atoms with E-state index in [2.05, 4.69) is 20.4 Å². The maximum Gasteiger partial charge on any atom is 0.423 e. The third-order valence-electron chi connectivity index (χ3n) is 5.77. The monoisotopic (exact) mass is 568 g/mol. The van der Waals surface area contributed by atoms with E-state index in [4.69, 9.17) is 0 Å². The first kappa shape index (κ1) is 30.3. The first-order chi connectivity index (χ1) is 18.9. The van der Waals surface area contributed by atoms with E-state index in [1.54, 1.807) is 12.1 Å². The summed E-state index contributed by atoms with van der Waals surface area (Å²) in [5.41, 5.74) is -2.53. The molecule has 2 heterocycles. The van der Waals surface area contributed by atoms with Crippen LogP contribution in [0.4, 0.5) is 32.0 Å². The largest absolute Gasteiger partial charge is 0.423 e. The fraction of sp³-hybridized carbons (Fsp3) is 0.346. The molecule has 2 atom stereocenters. The number of alkyl halides is 5. The molecule has 40 heavy (non-hydrogen) atoms. The van der Waals surface area contributed by atoms with Crippen molar-refractivity contribution in [3.63, 3.8) is 0 Å². The van der Waals surface area contributed by atoms with Crippen LogP contribution in [0.5, 0.6) is 0 Å². The average Bonchev–Trinajstić information content (AvgIpc) is 2.87. The van der Waals surface area contributed by atoms with Crippen molar-refractivity contribution >= 4 is 18.0 Å². The first-order valence-corrected chi connectivity index (χ1v) is 12.0. The van der Waals surface area contributed by atoms with Crippen LogP contribution in [-0.2, 0) is 12.6 Å². The Bertz CT molecular complexity index is 1390. The molecule has 0 aliphatic heterocycles. The average molecular weight is 569 g/mol. The number of carbonyl (C=O) groups excluding carboxylic acids is 1. The van der Waals surface area contributed by atoms with Gasteiger partial charge in [-0.2, -0.15) is 18.3 Å². The van der Waals surface area contributed by atoms with Gasteiger partial charge >= 0.3 is 6.18 Å². The summed E-state index contributed by atoms with van der Waals surface area (Å²) in [6, 6.07) is 1.60. The molecule has 0 saturated carbocycles. The lowest BCUT2D eigenvalue weighted by molar-refractivity contribution is -0.138. The smallest absolute Gasteiger partial charge is 0.381 e. The number of benzene rings is 1. The van der Waals surface area contributed by atoms with Gasteiger partial charge in [-0.15, -0.1) is 0 Å². The molecule has 0 amide bonds. The number of nitrogens with zero attached hydrogens (tertiary/aromatic N) is 4. The van der Waals surface area contributed by atoms with Crippen LogP contribution in [-0.4, -0.2) is 63.8 Å². The van der Waals surface area contributed by atoms with Gasteiger partial charge in [0.1, 0.15) is 17.6 Å². The number of halogens is 6. The number of hydrogen-bond donors (Lipinski definition) is 2. The molecule has 1 aromatic carbocycles. The third-order valence-corrected chi connectivity index (χ3v) is 5.77. The van der Waals surface area contributed by atoms with Gasteiger partial charge < -0.3 is 10.2 Å². The van der Waals surface area contributed by atoms with Crippen LogP contribution in [0, 0.1) is 5.82 Å². The Labute approximate surface area is 225 Å². The number of anilines is 1. The fourth-order valence-corrected chi connectivity index (χ4v) is 3.91. The molecule has 0 saturated heterocycles. The van der Waals surface area contributed by atoms with Crippen molar-refractivity contribution in [2.75, 3.05) is 25.6 Å². The normalized spacial score (nSPS) is 13.3. The summed E-state index contributed by atoms with van der Waals surface area (Å²) in [6.07, 6.45) is 0.468. The Morgan fingerprint density at radius 3 is 2.48 bits per heavy atom. The molecule has 0 spiro atoms. The van der Waals surface area contributed by atoms with Crippen molar-refractivity contribution in [1.29, 1.82) is 0 Å². The zero-order chi connectivity index (χ0) is 29.4. The molecular weight excluding hydrogens is 542 g/mol. The Morgan fingerprint density at radius 1 is 1.15 bits per heavy atom. The summed E-state index contributed by atoms with van der Waals surface area (Å²) >= 11 is 0. The van der Waals surface area contributed by atoms with Crippen molar-refractivity contribution in [2.24, 2.45) is 0 Å². The van der Waals surface area contributed by atoms with Crippen molar-refractivity contribution in [2.45, 2.75) is 38.2 Å². The third kappa shape index (κ3) is 7.90. The van der Waals surface area contributed by atoms with Crippen LogP contribution in [0.25, 0.3) is 17.5 Å². The topological polar surface area (TPSA) is 104 Å². The van der Waals surface area contributed by atoms with Gasteiger partial charge in [0.05, 0.1) is 24.1 Å². The molecule has 0 fully saturated rings. The van der Waals surface area contributed by atoms with Gasteiger partial charge in [0.25, 0.3) is 5.56 Å². The van der Waals surface area contributed by atoms with Gasteiger partial charge in [-0.25, -0.2) is 23.8 Å². The predicted octanol–water partition coefficient (Wildman–Crippen LogP) is 4.84. The number of aldehydes is 1. The molecule has 14 heteroatoms. The molecule has 2 unspecified atom stereocenters. The van der Waals surface area contributed by atoms with Crippen LogP contribution >= 0.6 is 0 Å². The van der Waals surface area contributed by atoms with Gasteiger partial charge in [-0.3, -0.25) is 14.0 Å². The predicted molar refractivity (Wildman–Crippen MR) is 137 cm³/mol. The lowest BCUT2D eigenvalue weighted by Crippen LogP contribution is -2.30. The SMILES string of the molecule is CC(CC(F)CN(C)/C=C\c1cc(-c2ncc(CCF)cn2)c(F)cc1C=O)Nc1cn[nH]c(=O)c1C(F)(F)F. The zero-order valence-corrected chi connectivity index (χ0v) is 21.5. The molecule has 0 bridgehead atoms. The van der Waals surface area contributed by atoms with Crippen molar-refractivity contribution in [3.05, 3.63) is 75.3 Å². The number of H-pyrrole nitrogens is 1. The highest BCUT2D eigenvalue weighted by Gasteiger charge is 2.37. The summed E-state index contributed by atoms with van der Waals surface area (Å²) in [5, 5.41) is 7.59. The number of nitrogens with one attached hydrogen (secondary N) is 2. The highest BCUT2D eigenvalue weighted by molar-refractivity contribution is 5.84. The Morgan fingerprint density at radius 2 is 1.85 bits per heavy atom. The van der Waals surface area contributed by atoms with E-state index >= 15 is 0 Å². The molecule has 0 aliphatic carbocycles. The van der Waals surface area contributed by atoms with Crippen molar-refractivity contribution < 1.29 is 31.1 Å². The second-order valence-corrected chi connectivity index (χ2v) is 9.05. The summed E-state index contributed by atoms with van der Waals surface area (Å²) in [5.74, 6) is -0.699. The minimum atomic E-state index is -4.93. The lowest BCUT2D eigenvalue weighted by Gasteiger charge is -2.22. The lowest BCUT2D eigenvalue weighted by atomic mass is 10.0. The van der Waals surface area contributed by atoms with Gasteiger partial charge in [-0.05, 0) is 42.5 Å². The summed E-state index contributed by atoms with van der Waals surface area (Å²) in [6.45, 7) is 0.714. The zero-order valence-electron chi connectivity index (χ0n) is 21.5. The second-order valence-electron chi connectivity index (χ2n) is 9.05. The standard InChI is InChI=1S/C26H26F6N6O2/c1-15(36-22-12-35-37-25(40)23(22)26(30,31)32)7-19(28)13-38(2)6-4-17-8-20(21(29)9-18(17)14-39)24-33-10-16(3-5-27)11-34-24/h4,6,8-12,14-15,19H,3,5,7,13H2,1-2H3,(H2,36,37,40)/b6-4-. The van der Waals surface area contributed by atoms with Crippen LogP contribution in [0.3, 0.4) is 0 Å². The number of carbonyl (C=O) groups is 1. The van der Waals surface area contributed by atoms with E-state index in [0.717, 1.165) is 12.3 Å². The fourth-order valence-electron chi connectivity index (χ4n) is 3.91. The number of rotatable bonds is 12. The highest BCUT2D eigenvalue weighted by Crippen LogP contribution is 2.32. The Hall–Kier alpha value is -4.23. The van der Waals surface area contributed by atoms with Gasteiger partial charge in [0.15, 0.2) is 12.1 Å². The molecule has 3 rings (SSSR count). The van der Waals surface area contributed by atoms with E-state index in [9.17, 15) is 35.9 Å². The summed E-state index contributed by atoms with van der Waals surface area (Å²) in [7, 11) is 1.54. The van der Waals surface area contributed by atoms with Gasteiger partial charge in [0.2, 0.25) is 0 Å². The quantitative estimate of drug-likeness (QED) is 0.238. The molecule has 8 nitrogen and oxygen atoms in total. The van der Waals surface area contributed by atoms with Crippen LogP contribution in [0.1, 0.15) is 40.4 Å². The van der Waals surface area contributed by atoms with Crippen LogP contribution in [0.2, 0.25) is 0 Å². The molecule has 214 valence electrons. The van der Waals surface area contributed by atoms with Gasteiger partial charge in [-0.1, -0.05) is 0 Å². The minimum Gasteiger partial charge on any atom is -0.381 e. The first-order valence-electron chi connectivity index (χ1n) is 12.0. The Kier molecular flexibility index (Phi) is 10.0. The number of aromatic amines is 1. The molecule has 2 aromatic heterocycles. The van der Waals surface area contributed by atoms with E-state index < -0.39 is 47.7 Å². The molecule has 0 aliphatic rings. The number of aromatic nitrogens is 4. The van der Waals surface area contributed by atoms with E-state index in [-0.39, 0.29) is 36.3 Å². The minimum absolute atomic E-state index is 0.00966. The van der Waals surface area contributed by atoms with Crippen molar-refractivity contribution in [1.82, 2.24) is 25.1 Å². The maximum atomic E-state index is 14.8. The number of hydrogen-bond acceptors (Lipinski definition) is 7. The summed E-state index contributed by atoms with van der Waals surface area (Å²) in [4.78, 5) is 32.7. The van der Waals surface area contributed by atoms with Crippen molar-refractivity contribution in [3.8, 4) is 11.4 Å². The summed E-state index contributed by atoms with van der Waals surface area (Å²) < 4.78 is 81.6. The van der Waals surface area contributed by atoms with Crippen LogP contribution < -0.4 is 10.9 Å². The van der Waals surface area contributed by atoms with E-state index in [1.807, 2.05) is 0 Å². The second kappa shape index (κ2) is 13.2. The maximum absolute atomic E-state index is 14.8. The molecule has 3 aromatic rings. The molecule has 0 radical (unpaired) electrons. The highest BCUT2D eigenvalue weighted by atomic mass is 19.4. The van der Waals surface area contributed by atoms with Crippen LogP contribution in [0.15, 0.2) is 41.7 Å². The van der Waals surface area contributed by atoms with E-state index in [1.165, 1.54) is 42.6 Å². The Balaban J connectivity index is 1.68. The molecular formula is C26H26F6N6O2. The number of aryl methyl sites for hydroxylation is 1. The van der Waals surface area contributed by atoms with E-state index in [0.29, 0.717) is 17.4 Å².